The minimum Gasteiger partial charge on any atom is -0.396 e. The maximum absolute atomic E-state index is 12.2. The van der Waals surface area contributed by atoms with E-state index in [1.165, 1.54) is 0 Å². The quantitative estimate of drug-likeness (QED) is 0.761. The third-order valence-electron chi connectivity index (χ3n) is 4.16. The van der Waals surface area contributed by atoms with Gasteiger partial charge in [-0.05, 0) is 25.7 Å². The monoisotopic (exact) mass is 285 g/mol. The van der Waals surface area contributed by atoms with Crippen molar-refractivity contribution in [1.82, 2.24) is 15.1 Å². The van der Waals surface area contributed by atoms with E-state index >= 15 is 0 Å². The molecule has 0 bridgehead atoms. The molecule has 0 aliphatic carbocycles. The first-order valence-electron chi connectivity index (χ1n) is 7.76. The van der Waals surface area contributed by atoms with E-state index in [9.17, 15) is 4.79 Å². The summed E-state index contributed by atoms with van der Waals surface area (Å²) in [6, 6.07) is 0.230. The Labute approximate surface area is 121 Å². The number of aliphatic hydroxyl groups is 1. The third kappa shape index (κ3) is 4.61. The molecule has 2 rings (SSSR count). The van der Waals surface area contributed by atoms with E-state index in [-0.39, 0.29) is 18.7 Å². The van der Waals surface area contributed by atoms with Crippen molar-refractivity contribution in [2.24, 2.45) is 0 Å². The fraction of sp³-hybridized carbons (Fsp3) is 0.929. The molecule has 2 fully saturated rings. The Morgan fingerprint density at radius 2 is 2.05 bits per heavy atom. The van der Waals surface area contributed by atoms with E-state index < -0.39 is 0 Å². The summed E-state index contributed by atoms with van der Waals surface area (Å²) in [4.78, 5) is 16.4. The first-order valence-corrected chi connectivity index (χ1v) is 7.76. The summed E-state index contributed by atoms with van der Waals surface area (Å²) in [6.07, 6.45) is 3.93. The van der Waals surface area contributed by atoms with Gasteiger partial charge in [0, 0.05) is 45.4 Å². The molecule has 0 aromatic heterocycles. The van der Waals surface area contributed by atoms with E-state index in [1.807, 2.05) is 4.90 Å². The number of likely N-dealkylation sites (tertiary alicyclic amines) is 1. The van der Waals surface area contributed by atoms with Crippen molar-refractivity contribution < 1.29 is 14.6 Å². The fourth-order valence-corrected chi connectivity index (χ4v) is 2.96. The van der Waals surface area contributed by atoms with Gasteiger partial charge in [0.15, 0.2) is 0 Å². The molecule has 6 nitrogen and oxygen atoms in total. The van der Waals surface area contributed by atoms with Crippen LogP contribution in [0, 0.1) is 0 Å². The molecule has 2 aliphatic heterocycles. The van der Waals surface area contributed by atoms with Gasteiger partial charge >= 0.3 is 6.03 Å². The van der Waals surface area contributed by atoms with Crippen LogP contribution in [-0.2, 0) is 4.74 Å². The molecule has 0 saturated carbocycles. The predicted molar refractivity (Wildman–Crippen MR) is 76.7 cm³/mol. The maximum atomic E-state index is 12.2. The molecule has 2 saturated heterocycles. The lowest BCUT2D eigenvalue weighted by atomic mass is 10.0. The molecule has 0 aromatic carbocycles. The molecule has 0 unspecified atom stereocenters. The van der Waals surface area contributed by atoms with E-state index in [0.717, 1.165) is 58.7 Å². The predicted octanol–water partition coefficient (Wildman–Crippen LogP) is 0.265. The fourth-order valence-electron chi connectivity index (χ4n) is 2.96. The Morgan fingerprint density at radius 3 is 2.80 bits per heavy atom. The normalized spacial score (nSPS) is 24.6. The molecule has 116 valence electrons. The first-order chi connectivity index (χ1) is 9.81. The van der Waals surface area contributed by atoms with Gasteiger partial charge in [-0.1, -0.05) is 0 Å². The molecular weight excluding hydrogens is 258 g/mol. The van der Waals surface area contributed by atoms with Crippen molar-refractivity contribution in [1.29, 1.82) is 0 Å². The molecule has 0 aromatic rings. The van der Waals surface area contributed by atoms with Crippen molar-refractivity contribution >= 4 is 6.03 Å². The van der Waals surface area contributed by atoms with Crippen LogP contribution in [0.4, 0.5) is 4.79 Å². The summed E-state index contributed by atoms with van der Waals surface area (Å²) in [6.45, 7) is 6.02. The number of hydrogen-bond acceptors (Lipinski definition) is 4. The highest BCUT2D eigenvalue weighted by molar-refractivity contribution is 5.74. The second kappa shape index (κ2) is 8.44. The Morgan fingerprint density at radius 1 is 1.25 bits per heavy atom. The minimum atomic E-state index is 0.0245. The summed E-state index contributed by atoms with van der Waals surface area (Å²) in [5.74, 6) is 0. The van der Waals surface area contributed by atoms with Crippen LogP contribution in [0.1, 0.15) is 25.7 Å². The van der Waals surface area contributed by atoms with Gasteiger partial charge in [-0.2, -0.15) is 0 Å². The zero-order valence-corrected chi connectivity index (χ0v) is 12.2. The van der Waals surface area contributed by atoms with Gasteiger partial charge in [-0.25, -0.2) is 4.79 Å². The summed E-state index contributed by atoms with van der Waals surface area (Å²) in [5.41, 5.74) is 0. The topological polar surface area (TPSA) is 65.0 Å². The first kappa shape index (κ1) is 15.5. The number of piperidine rings is 1. The van der Waals surface area contributed by atoms with Gasteiger partial charge < -0.3 is 20.1 Å². The van der Waals surface area contributed by atoms with Crippen LogP contribution >= 0.6 is 0 Å². The van der Waals surface area contributed by atoms with Gasteiger partial charge in [0.05, 0.1) is 13.2 Å². The van der Waals surface area contributed by atoms with Gasteiger partial charge in [0.2, 0.25) is 0 Å². The van der Waals surface area contributed by atoms with Crippen LogP contribution in [-0.4, -0.2) is 79.5 Å². The molecule has 1 atom stereocenters. The van der Waals surface area contributed by atoms with Gasteiger partial charge in [0.1, 0.15) is 0 Å². The molecule has 20 heavy (non-hydrogen) atoms. The number of urea groups is 1. The number of nitrogens with one attached hydrogen (secondary N) is 1. The largest absolute Gasteiger partial charge is 0.396 e. The summed E-state index contributed by atoms with van der Waals surface area (Å²) in [7, 11) is 0. The number of morpholine rings is 1. The summed E-state index contributed by atoms with van der Waals surface area (Å²) >= 11 is 0. The lowest BCUT2D eigenvalue weighted by Gasteiger charge is -2.35. The molecule has 2 amide bonds. The van der Waals surface area contributed by atoms with Gasteiger partial charge in [0.25, 0.3) is 0 Å². The van der Waals surface area contributed by atoms with Crippen LogP contribution in [0.5, 0.6) is 0 Å². The number of aliphatic hydroxyl groups excluding tert-OH is 1. The van der Waals surface area contributed by atoms with Crippen molar-refractivity contribution in [2.45, 2.75) is 31.7 Å². The van der Waals surface area contributed by atoms with E-state index in [0.29, 0.717) is 13.0 Å². The molecule has 2 aliphatic rings. The highest BCUT2D eigenvalue weighted by Gasteiger charge is 2.25. The number of nitrogens with zero attached hydrogens (tertiary/aromatic N) is 2. The molecule has 0 spiro atoms. The lowest BCUT2D eigenvalue weighted by molar-refractivity contribution is 0.0384. The molecule has 6 heteroatoms. The number of rotatable bonds is 5. The van der Waals surface area contributed by atoms with Gasteiger partial charge in [-0.3, -0.25) is 4.90 Å². The molecule has 2 N–H and O–H groups in total. The van der Waals surface area contributed by atoms with Crippen LogP contribution in [0.25, 0.3) is 0 Å². The Balaban J connectivity index is 1.69. The summed E-state index contributed by atoms with van der Waals surface area (Å²) in [5, 5.41) is 12.1. The smallest absolute Gasteiger partial charge is 0.317 e. The molecular formula is C14H27N3O3. The SMILES string of the molecule is O=C(NCCN1CCOCC1)N1CCCC[C@H]1CCO. The average Bonchev–Trinajstić information content (AvgIpc) is 2.49. The number of carbonyl (C=O) groups excluding carboxylic acids is 1. The maximum Gasteiger partial charge on any atom is 0.317 e. The Bertz CT molecular complexity index is 293. The lowest BCUT2D eigenvalue weighted by Crippen LogP contribution is -2.50. The summed E-state index contributed by atoms with van der Waals surface area (Å²) < 4.78 is 5.30. The van der Waals surface area contributed by atoms with Crippen LogP contribution in [0.3, 0.4) is 0 Å². The van der Waals surface area contributed by atoms with Crippen LogP contribution < -0.4 is 5.32 Å². The Hall–Kier alpha value is -0.850. The van der Waals surface area contributed by atoms with Gasteiger partial charge in [-0.15, -0.1) is 0 Å². The minimum absolute atomic E-state index is 0.0245. The van der Waals surface area contributed by atoms with E-state index in [1.54, 1.807) is 0 Å². The number of carbonyl (C=O) groups is 1. The molecule has 0 radical (unpaired) electrons. The van der Waals surface area contributed by atoms with E-state index in [2.05, 4.69) is 10.2 Å². The second-order valence-electron chi connectivity index (χ2n) is 5.54. The highest BCUT2D eigenvalue weighted by Crippen LogP contribution is 2.19. The Kier molecular flexibility index (Phi) is 6.56. The van der Waals surface area contributed by atoms with E-state index in [4.69, 9.17) is 9.84 Å². The van der Waals surface area contributed by atoms with Crippen molar-refractivity contribution in [2.75, 3.05) is 52.5 Å². The van der Waals surface area contributed by atoms with Crippen molar-refractivity contribution in [3.05, 3.63) is 0 Å². The standard InChI is InChI=1S/C14H27N3O3/c18-10-4-13-3-1-2-6-17(13)14(19)15-5-7-16-8-11-20-12-9-16/h13,18H,1-12H2,(H,15,19)/t13-/m0/s1. The van der Waals surface area contributed by atoms with Crippen molar-refractivity contribution in [3.8, 4) is 0 Å². The van der Waals surface area contributed by atoms with Crippen molar-refractivity contribution in [3.63, 3.8) is 0 Å². The third-order valence-corrected chi connectivity index (χ3v) is 4.16. The highest BCUT2D eigenvalue weighted by atomic mass is 16.5. The number of ether oxygens (including phenoxy) is 1. The number of amides is 2. The second-order valence-corrected chi connectivity index (χ2v) is 5.54. The van der Waals surface area contributed by atoms with Crippen LogP contribution in [0.2, 0.25) is 0 Å². The number of hydrogen-bond donors (Lipinski definition) is 2. The average molecular weight is 285 g/mol. The van der Waals surface area contributed by atoms with Crippen LogP contribution in [0.15, 0.2) is 0 Å². The molecule has 2 heterocycles. The zero-order chi connectivity index (χ0) is 14.2. The zero-order valence-electron chi connectivity index (χ0n) is 12.2.